The van der Waals surface area contributed by atoms with Crippen molar-refractivity contribution in [1.82, 2.24) is 4.90 Å². The Morgan fingerprint density at radius 3 is 2.42 bits per heavy atom. The highest BCUT2D eigenvalue weighted by molar-refractivity contribution is 5.89. The molecule has 0 aromatic carbocycles. The van der Waals surface area contributed by atoms with Crippen LogP contribution in [0.4, 0.5) is 4.79 Å². The summed E-state index contributed by atoms with van der Waals surface area (Å²) >= 11 is 0. The van der Waals surface area contributed by atoms with Crippen molar-refractivity contribution in [2.75, 3.05) is 27.3 Å². The van der Waals surface area contributed by atoms with Crippen LogP contribution in [0.2, 0.25) is 0 Å². The highest BCUT2D eigenvalue weighted by atomic mass is 16.6. The molecule has 1 atom stereocenters. The van der Waals surface area contributed by atoms with Gasteiger partial charge in [0.15, 0.2) is 6.04 Å². The predicted octanol–water partition coefficient (Wildman–Crippen LogP) is 0.824. The van der Waals surface area contributed by atoms with E-state index in [1.165, 1.54) is 19.1 Å². The fourth-order valence-corrected chi connectivity index (χ4v) is 1.57. The van der Waals surface area contributed by atoms with Crippen LogP contribution in [-0.4, -0.2) is 61.8 Å². The number of nitrogens with zero attached hydrogens (tertiary/aromatic N) is 2. The van der Waals surface area contributed by atoms with Gasteiger partial charge in [-0.2, -0.15) is 0 Å². The number of hydrogen-bond donors (Lipinski definition) is 0. The molecule has 0 aromatic heterocycles. The summed E-state index contributed by atoms with van der Waals surface area (Å²) in [6.07, 6.45) is -0.590. The highest BCUT2D eigenvalue weighted by Crippen LogP contribution is 2.15. The molecule has 0 saturated heterocycles. The molecular formula is C12H20N2O5. The van der Waals surface area contributed by atoms with Crippen molar-refractivity contribution in [1.29, 1.82) is 0 Å². The Kier molecular flexibility index (Phi) is 4.74. The van der Waals surface area contributed by atoms with E-state index >= 15 is 0 Å². The molecule has 1 amide bonds. The van der Waals surface area contributed by atoms with E-state index in [2.05, 4.69) is 9.73 Å². The number of carbonyl (C=O) groups is 2. The monoisotopic (exact) mass is 272 g/mol. The average Bonchev–Trinajstić information content (AvgIpc) is 2.35. The molecule has 0 saturated carbocycles. The normalized spacial score (nSPS) is 19.5. The van der Waals surface area contributed by atoms with Crippen molar-refractivity contribution in [3.05, 3.63) is 0 Å². The van der Waals surface area contributed by atoms with E-state index in [0.717, 1.165) is 0 Å². The van der Waals surface area contributed by atoms with E-state index in [0.29, 0.717) is 5.90 Å². The smallest absolute Gasteiger partial charge is 0.411 e. The minimum Gasteiger partial charge on any atom is -0.483 e. The fourth-order valence-electron chi connectivity index (χ4n) is 1.57. The fraction of sp³-hybridized carbons (Fsp3) is 0.750. The minimum atomic E-state index is -0.779. The molecule has 1 unspecified atom stereocenters. The number of rotatable bonds is 1. The summed E-state index contributed by atoms with van der Waals surface area (Å²) in [5.41, 5.74) is -0.639. The van der Waals surface area contributed by atoms with Gasteiger partial charge in [-0.25, -0.2) is 9.59 Å². The first-order valence-electron chi connectivity index (χ1n) is 5.93. The first-order chi connectivity index (χ1) is 8.78. The van der Waals surface area contributed by atoms with Gasteiger partial charge in [-0.1, -0.05) is 0 Å². The standard InChI is InChI=1S/C12H20N2O5/c1-12(2,3)19-11(16)14-7-9(17-4)13-6-8(14)10(15)18-5/h8H,6-7H2,1-5H3. The van der Waals surface area contributed by atoms with Gasteiger partial charge in [-0.15, -0.1) is 0 Å². The molecule has 1 heterocycles. The second-order valence-corrected chi connectivity index (χ2v) is 5.09. The molecule has 7 nitrogen and oxygen atoms in total. The van der Waals surface area contributed by atoms with Gasteiger partial charge in [0.25, 0.3) is 0 Å². The zero-order valence-corrected chi connectivity index (χ0v) is 11.9. The Labute approximate surface area is 112 Å². The zero-order chi connectivity index (χ0) is 14.6. The Hall–Kier alpha value is -1.79. The Balaban J connectivity index is 2.88. The number of carbonyl (C=O) groups excluding carboxylic acids is 2. The number of methoxy groups -OCH3 is 2. The Morgan fingerprint density at radius 2 is 1.95 bits per heavy atom. The second kappa shape index (κ2) is 5.90. The minimum absolute atomic E-state index is 0.0885. The van der Waals surface area contributed by atoms with Gasteiger partial charge < -0.3 is 14.2 Å². The van der Waals surface area contributed by atoms with Crippen molar-refractivity contribution < 1.29 is 23.8 Å². The number of ether oxygens (including phenoxy) is 3. The van der Waals surface area contributed by atoms with E-state index in [9.17, 15) is 9.59 Å². The molecule has 1 aliphatic rings. The van der Waals surface area contributed by atoms with E-state index in [-0.39, 0.29) is 13.1 Å². The van der Waals surface area contributed by atoms with Crippen LogP contribution in [0.15, 0.2) is 4.99 Å². The van der Waals surface area contributed by atoms with E-state index in [4.69, 9.17) is 9.47 Å². The molecule has 0 fully saturated rings. The van der Waals surface area contributed by atoms with Crippen LogP contribution in [0.5, 0.6) is 0 Å². The summed E-state index contributed by atoms with van der Waals surface area (Å²) in [7, 11) is 2.73. The molecule has 0 aromatic rings. The quantitative estimate of drug-likeness (QED) is 0.660. The largest absolute Gasteiger partial charge is 0.483 e. The molecule has 0 aliphatic carbocycles. The topological polar surface area (TPSA) is 77.4 Å². The maximum atomic E-state index is 12.1. The van der Waals surface area contributed by atoms with Gasteiger partial charge in [0, 0.05) is 0 Å². The summed E-state index contributed by atoms with van der Waals surface area (Å²) in [6, 6.07) is -0.779. The Morgan fingerprint density at radius 1 is 1.32 bits per heavy atom. The van der Waals surface area contributed by atoms with Gasteiger partial charge >= 0.3 is 12.1 Å². The van der Waals surface area contributed by atoms with Crippen LogP contribution in [0.1, 0.15) is 20.8 Å². The molecule has 0 radical (unpaired) electrons. The van der Waals surface area contributed by atoms with Gasteiger partial charge in [0.1, 0.15) is 12.1 Å². The summed E-state index contributed by atoms with van der Waals surface area (Å²) in [5, 5.41) is 0. The maximum Gasteiger partial charge on any atom is 0.411 e. The molecule has 1 aliphatic heterocycles. The molecule has 19 heavy (non-hydrogen) atoms. The molecule has 1 rings (SSSR count). The van der Waals surface area contributed by atoms with Crippen molar-refractivity contribution in [2.24, 2.45) is 4.99 Å². The lowest BCUT2D eigenvalue weighted by Crippen LogP contribution is -2.53. The van der Waals surface area contributed by atoms with Gasteiger partial charge in [0.05, 0.1) is 20.8 Å². The maximum absolute atomic E-state index is 12.1. The van der Waals surface area contributed by atoms with Crippen LogP contribution in [0.3, 0.4) is 0 Å². The van der Waals surface area contributed by atoms with Crippen molar-refractivity contribution in [3.63, 3.8) is 0 Å². The summed E-state index contributed by atoms with van der Waals surface area (Å²) in [6.45, 7) is 5.47. The SMILES string of the molecule is COC(=O)C1CN=C(OC)CN1C(=O)OC(C)(C)C. The molecule has 0 N–H and O–H groups in total. The van der Waals surface area contributed by atoms with Crippen LogP contribution in [-0.2, 0) is 19.0 Å². The van der Waals surface area contributed by atoms with Crippen molar-refractivity contribution in [3.8, 4) is 0 Å². The predicted molar refractivity (Wildman–Crippen MR) is 68.1 cm³/mol. The van der Waals surface area contributed by atoms with Gasteiger partial charge in [-0.3, -0.25) is 9.89 Å². The van der Waals surface area contributed by atoms with E-state index < -0.39 is 23.7 Å². The van der Waals surface area contributed by atoms with Crippen LogP contribution in [0.25, 0.3) is 0 Å². The summed E-state index contributed by atoms with van der Waals surface area (Å²) in [5.74, 6) is -0.143. The zero-order valence-electron chi connectivity index (χ0n) is 11.9. The highest BCUT2D eigenvalue weighted by Gasteiger charge is 2.37. The second-order valence-electron chi connectivity index (χ2n) is 5.09. The van der Waals surface area contributed by atoms with Crippen LogP contribution < -0.4 is 0 Å². The third-order valence-electron chi connectivity index (χ3n) is 2.46. The lowest BCUT2D eigenvalue weighted by Gasteiger charge is -2.33. The molecular weight excluding hydrogens is 252 g/mol. The summed E-state index contributed by atoms with van der Waals surface area (Å²) < 4.78 is 14.9. The first-order valence-corrected chi connectivity index (χ1v) is 5.93. The molecule has 0 bridgehead atoms. The number of amides is 1. The number of aliphatic imine (C=N–C) groups is 1. The van der Waals surface area contributed by atoms with Crippen molar-refractivity contribution in [2.45, 2.75) is 32.4 Å². The van der Waals surface area contributed by atoms with Crippen LogP contribution in [0, 0.1) is 0 Å². The third-order valence-corrected chi connectivity index (χ3v) is 2.46. The average molecular weight is 272 g/mol. The van der Waals surface area contributed by atoms with Gasteiger partial charge in [-0.05, 0) is 20.8 Å². The third kappa shape index (κ3) is 4.11. The molecule has 7 heteroatoms. The first kappa shape index (κ1) is 15.3. The number of hydrogen-bond acceptors (Lipinski definition) is 6. The summed E-state index contributed by atoms with van der Waals surface area (Å²) in [4.78, 5) is 29.1. The van der Waals surface area contributed by atoms with Crippen molar-refractivity contribution >= 4 is 18.0 Å². The lowest BCUT2D eigenvalue weighted by atomic mass is 10.2. The number of esters is 1. The van der Waals surface area contributed by atoms with Gasteiger partial charge in [0.2, 0.25) is 5.90 Å². The van der Waals surface area contributed by atoms with E-state index in [1.807, 2.05) is 0 Å². The van der Waals surface area contributed by atoms with Crippen LogP contribution >= 0.6 is 0 Å². The molecule has 0 spiro atoms. The molecule has 108 valence electrons. The lowest BCUT2D eigenvalue weighted by molar-refractivity contribution is -0.146. The Bertz CT molecular complexity index is 386. The van der Waals surface area contributed by atoms with E-state index in [1.54, 1.807) is 20.8 Å².